The minimum atomic E-state index is -1.04. The second-order valence-electron chi connectivity index (χ2n) is 7.62. The van der Waals surface area contributed by atoms with E-state index in [9.17, 15) is 14.4 Å². The van der Waals surface area contributed by atoms with E-state index < -0.39 is 23.3 Å². The average molecular weight is 477 g/mol. The van der Waals surface area contributed by atoms with Gasteiger partial charge in [0.2, 0.25) is 0 Å². The number of rotatable bonds is 4. The zero-order chi connectivity index (χ0) is 23.7. The van der Waals surface area contributed by atoms with Crippen LogP contribution in [0.4, 0.5) is 0 Å². The van der Waals surface area contributed by atoms with Crippen molar-refractivity contribution >= 4 is 40.2 Å². The van der Waals surface area contributed by atoms with Crippen molar-refractivity contribution in [1.29, 1.82) is 0 Å². The quantitative estimate of drug-likeness (QED) is 0.303. The Labute approximate surface area is 199 Å². The first-order chi connectivity index (χ1) is 15.8. The number of nitrogens with zero attached hydrogens (tertiary/aromatic N) is 1. The Balaban J connectivity index is 1.67. The van der Waals surface area contributed by atoms with Crippen LogP contribution in [0.1, 0.15) is 44.9 Å². The number of thiol groups is 1. The Morgan fingerprint density at radius 1 is 1.21 bits per heavy atom. The van der Waals surface area contributed by atoms with Crippen molar-refractivity contribution in [2.24, 2.45) is 0 Å². The molecule has 0 aliphatic rings. The van der Waals surface area contributed by atoms with Crippen LogP contribution in [-0.2, 0) is 6.42 Å². The molecule has 2 aromatic heterocycles. The lowest BCUT2D eigenvalue weighted by Crippen LogP contribution is -2.37. The third kappa shape index (κ3) is 4.51. The Morgan fingerprint density at radius 2 is 1.94 bits per heavy atom. The number of hydrogen-bond acceptors (Lipinski definition) is 5. The van der Waals surface area contributed by atoms with Crippen molar-refractivity contribution in [3.05, 3.63) is 96.5 Å². The van der Waals surface area contributed by atoms with Gasteiger partial charge in [-0.2, -0.15) is 0 Å². The summed E-state index contributed by atoms with van der Waals surface area (Å²) in [6, 6.07) is 13.2. The van der Waals surface area contributed by atoms with Gasteiger partial charge in [-0.3, -0.25) is 14.3 Å². The summed E-state index contributed by atoms with van der Waals surface area (Å²) in [6.45, 7) is 3.72. The molecule has 0 radical (unpaired) electrons. The Bertz CT molecular complexity index is 1550. The third-order valence-electron chi connectivity index (χ3n) is 5.46. The molecule has 0 bridgehead atoms. The summed E-state index contributed by atoms with van der Waals surface area (Å²) in [4.78, 5) is 41.7. The molecule has 33 heavy (non-hydrogen) atoms. The van der Waals surface area contributed by atoms with Crippen LogP contribution >= 0.6 is 24.0 Å². The zero-order valence-electron chi connectivity index (χ0n) is 17.9. The van der Waals surface area contributed by atoms with Crippen LogP contribution in [0.5, 0.6) is 0 Å². The molecule has 1 atom stereocenters. The Kier molecular flexibility index (Phi) is 6.27. The number of benzene rings is 2. The van der Waals surface area contributed by atoms with E-state index in [4.69, 9.17) is 5.11 Å². The van der Waals surface area contributed by atoms with E-state index in [0.717, 1.165) is 20.6 Å². The Morgan fingerprint density at radius 3 is 2.64 bits per heavy atom. The fourth-order valence-corrected chi connectivity index (χ4v) is 4.72. The fraction of sp³-hybridized carbons (Fsp3) is 0.160. The molecule has 1 unspecified atom stereocenters. The molecule has 4 aromatic rings. The van der Waals surface area contributed by atoms with Gasteiger partial charge >= 0.3 is 11.7 Å². The topological polar surface area (TPSA) is 92.2 Å². The van der Waals surface area contributed by atoms with E-state index in [0.29, 0.717) is 27.1 Å². The molecule has 0 fully saturated rings. The average Bonchev–Trinajstić information content (AvgIpc) is 3.19. The molecule has 0 aliphatic carbocycles. The largest absolute Gasteiger partial charge is 0.478 e. The standard InChI is InChI=1S/C25H20N2O4S2/c1-14-5-3-6-17(21(14)32)7-4-8-19-13-20-22(33-19)26-25(31)27(23(20)28)15(2)16-9-11-18(12-10-16)24(29)30/h3,5-6,9-13,15,32H,7H2,1-2H3,(H,26,31)(H,29,30). The molecule has 2 N–H and O–H groups in total. The molecule has 2 heterocycles. The number of thiophene rings is 1. The second-order valence-corrected chi connectivity index (χ2v) is 9.12. The lowest BCUT2D eigenvalue weighted by Gasteiger charge is -2.14. The lowest BCUT2D eigenvalue weighted by molar-refractivity contribution is 0.0697. The number of aryl methyl sites for hydroxylation is 1. The van der Waals surface area contributed by atoms with Crippen LogP contribution < -0.4 is 11.2 Å². The first kappa shape index (κ1) is 22.6. The molecule has 0 spiro atoms. The van der Waals surface area contributed by atoms with Crippen LogP contribution in [0.2, 0.25) is 0 Å². The van der Waals surface area contributed by atoms with Crippen molar-refractivity contribution in [3.63, 3.8) is 0 Å². The first-order valence-corrected chi connectivity index (χ1v) is 11.4. The lowest BCUT2D eigenvalue weighted by atomic mass is 10.1. The Hall–Kier alpha value is -3.54. The highest BCUT2D eigenvalue weighted by atomic mass is 32.1. The van der Waals surface area contributed by atoms with Crippen LogP contribution in [0.25, 0.3) is 10.2 Å². The van der Waals surface area contributed by atoms with Crippen molar-refractivity contribution in [3.8, 4) is 11.8 Å². The van der Waals surface area contributed by atoms with Gasteiger partial charge in [0.15, 0.2) is 0 Å². The maximum absolute atomic E-state index is 13.1. The number of aromatic carboxylic acids is 1. The summed E-state index contributed by atoms with van der Waals surface area (Å²) in [7, 11) is 0. The highest BCUT2D eigenvalue weighted by molar-refractivity contribution is 7.80. The SMILES string of the molecule is Cc1cccc(CC#Cc2cc3c(=O)n(C(C)c4ccc(C(=O)O)cc4)c(=O)[nH]c3s2)c1S. The number of aromatic amines is 1. The first-order valence-electron chi connectivity index (χ1n) is 10.1. The zero-order valence-corrected chi connectivity index (χ0v) is 19.6. The van der Waals surface area contributed by atoms with Gasteiger partial charge in [0.25, 0.3) is 5.56 Å². The minimum absolute atomic E-state index is 0.138. The summed E-state index contributed by atoms with van der Waals surface area (Å²) < 4.78 is 1.14. The summed E-state index contributed by atoms with van der Waals surface area (Å²) in [6.07, 6.45) is 0.527. The summed E-state index contributed by atoms with van der Waals surface area (Å²) >= 11 is 5.80. The van der Waals surface area contributed by atoms with Crippen molar-refractivity contribution in [2.75, 3.05) is 0 Å². The predicted molar refractivity (Wildman–Crippen MR) is 133 cm³/mol. The molecule has 0 saturated carbocycles. The highest BCUT2D eigenvalue weighted by Crippen LogP contribution is 2.22. The summed E-state index contributed by atoms with van der Waals surface area (Å²) in [5.74, 6) is 5.17. The number of carboxylic acids is 1. The summed E-state index contributed by atoms with van der Waals surface area (Å²) in [5.41, 5.74) is 1.98. The normalized spacial score (nSPS) is 11.7. The van der Waals surface area contributed by atoms with Gasteiger partial charge in [0.1, 0.15) is 4.83 Å². The van der Waals surface area contributed by atoms with Crippen molar-refractivity contribution in [2.45, 2.75) is 31.2 Å². The molecular formula is C25H20N2O4S2. The number of carbonyl (C=O) groups is 1. The van der Waals surface area contributed by atoms with Crippen LogP contribution in [0.3, 0.4) is 0 Å². The molecule has 2 aromatic carbocycles. The van der Waals surface area contributed by atoms with E-state index in [-0.39, 0.29) is 5.56 Å². The monoisotopic (exact) mass is 476 g/mol. The number of hydrogen-bond donors (Lipinski definition) is 3. The highest BCUT2D eigenvalue weighted by Gasteiger charge is 2.17. The number of aromatic nitrogens is 2. The molecule has 166 valence electrons. The summed E-state index contributed by atoms with van der Waals surface area (Å²) in [5, 5.41) is 9.46. The van der Waals surface area contributed by atoms with Crippen molar-refractivity contribution in [1.82, 2.24) is 9.55 Å². The maximum atomic E-state index is 13.1. The molecule has 0 amide bonds. The van der Waals surface area contributed by atoms with E-state index in [1.54, 1.807) is 25.1 Å². The molecular weight excluding hydrogens is 456 g/mol. The van der Waals surface area contributed by atoms with E-state index in [1.807, 2.05) is 25.1 Å². The maximum Gasteiger partial charge on any atom is 0.335 e. The van der Waals surface area contributed by atoms with Crippen LogP contribution in [0.15, 0.2) is 63.0 Å². The predicted octanol–water partition coefficient (Wildman–Crippen LogP) is 4.25. The second kappa shape index (κ2) is 9.14. The van der Waals surface area contributed by atoms with Gasteiger partial charge in [-0.15, -0.1) is 24.0 Å². The smallest absolute Gasteiger partial charge is 0.335 e. The molecule has 6 nitrogen and oxygen atoms in total. The number of carboxylic acid groups (broad SMARTS) is 1. The van der Waals surface area contributed by atoms with Gasteiger partial charge in [-0.1, -0.05) is 42.2 Å². The van der Waals surface area contributed by atoms with Crippen LogP contribution in [-0.4, -0.2) is 20.6 Å². The van der Waals surface area contributed by atoms with E-state index in [2.05, 4.69) is 29.5 Å². The number of nitrogens with one attached hydrogen (secondary N) is 1. The van der Waals surface area contributed by atoms with Crippen molar-refractivity contribution < 1.29 is 9.90 Å². The van der Waals surface area contributed by atoms with Crippen LogP contribution in [0, 0.1) is 18.8 Å². The molecule has 0 saturated heterocycles. The third-order valence-corrected chi connectivity index (χ3v) is 7.07. The van der Waals surface area contributed by atoms with Gasteiger partial charge in [0.05, 0.1) is 21.9 Å². The molecule has 8 heteroatoms. The van der Waals surface area contributed by atoms with E-state index >= 15 is 0 Å². The number of H-pyrrole nitrogens is 1. The van der Waals surface area contributed by atoms with Gasteiger partial charge < -0.3 is 5.11 Å². The van der Waals surface area contributed by atoms with Gasteiger partial charge in [0, 0.05) is 11.3 Å². The minimum Gasteiger partial charge on any atom is -0.478 e. The molecule has 0 aliphatic heterocycles. The number of fused-ring (bicyclic) bond motifs is 1. The molecule has 4 rings (SSSR count). The van der Waals surface area contributed by atoms with E-state index in [1.165, 1.54) is 23.5 Å². The van der Waals surface area contributed by atoms with Gasteiger partial charge in [-0.25, -0.2) is 9.59 Å². The fourth-order valence-electron chi connectivity index (χ4n) is 3.58. The van der Waals surface area contributed by atoms with Gasteiger partial charge in [-0.05, 0) is 48.7 Å².